The number of anilines is 1. The van der Waals surface area contributed by atoms with Crippen molar-refractivity contribution in [1.29, 1.82) is 5.26 Å². The van der Waals surface area contributed by atoms with Gasteiger partial charge in [-0.3, -0.25) is 4.79 Å². The van der Waals surface area contributed by atoms with Gasteiger partial charge in [0.15, 0.2) is 11.5 Å². The third-order valence-electron chi connectivity index (χ3n) is 5.49. The molecule has 3 heterocycles. The molecule has 7 nitrogen and oxygen atoms in total. The van der Waals surface area contributed by atoms with Crippen molar-refractivity contribution in [2.24, 2.45) is 0 Å². The molecule has 30 heavy (non-hydrogen) atoms. The second-order valence-electron chi connectivity index (χ2n) is 7.43. The molecule has 1 aromatic heterocycles. The molecule has 2 aromatic rings. The maximum atomic E-state index is 12.7. The van der Waals surface area contributed by atoms with Crippen molar-refractivity contribution >= 4 is 23.5 Å². The van der Waals surface area contributed by atoms with Crippen molar-refractivity contribution < 1.29 is 19.0 Å². The molecular formula is C22H25N3O4S. The lowest BCUT2D eigenvalue weighted by atomic mass is 10.2. The highest BCUT2D eigenvalue weighted by Gasteiger charge is 2.24. The molecule has 0 spiro atoms. The molecule has 1 N–H and O–H groups in total. The number of benzene rings is 1. The molecule has 1 atom stereocenters. The number of amides is 1. The van der Waals surface area contributed by atoms with Gasteiger partial charge in [-0.25, -0.2) is 0 Å². The highest BCUT2D eigenvalue weighted by molar-refractivity contribution is 8.00. The third kappa shape index (κ3) is 4.27. The number of aromatic nitrogens is 1. The summed E-state index contributed by atoms with van der Waals surface area (Å²) in [4.78, 5) is 13.6. The van der Waals surface area contributed by atoms with Crippen molar-refractivity contribution in [3.05, 3.63) is 35.0 Å². The van der Waals surface area contributed by atoms with Gasteiger partial charge in [-0.1, -0.05) is 0 Å². The Morgan fingerprint density at radius 2 is 2.07 bits per heavy atom. The minimum atomic E-state index is -0.155. The topological polar surface area (TPSA) is 85.5 Å². The number of nitriles is 1. The molecule has 158 valence electrons. The largest absolute Gasteiger partial charge is 0.486 e. The Morgan fingerprint density at radius 1 is 1.27 bits per heavy atom. The molecule has 1 amide bonds. The summed E-state index contributed by atoms with van der Waals surface area (Å²) in [5.41, 5.74) is 2.39. The Bertz CT molecular complexity index is 989. The van der Waals surface area contributed by atoms with Gasteiger partial charge in [0.1, 0.15) is 25.1 Å². The Balaban J connectivity index is 1.46. The molecule has 0 radical (unpaired) electrons. The zero-order valence-electron chi connectivity index (χ0n) is 17.2. The first-order valence-corrected chi connectivity index (χ1v) is 11.1. The number of hydrogen-bond donors (Lipinski definition) is 1. The second kappa shape index (κ2) is 9.02. The normalized spacial score (nSPS) is 17.6. The number of carbonyl (C=O) groups excluding carboxylic acids is 1. The molecule has 0 unspecified atom stereocenters. The van der Waals surface area contributed by atoms with Gasteiger partial charge in [-0.05, 0) is 50.5 Å². The molecule has 8 heteroatoms. The SMILES string of the molecule is Cc1c(C#N)c(NC(=O)CSc2ccc3c(c2)OCCO3)n(C[C@@H]2CCCO2)c1C. The van der Waals surface area contributed by atoms with Crippen LogP contribution >= 0.6 is 11.8 Å². The Kier molecular flexibility index (Phi) is 6.21. The quantitative estimate of drug-likeness (QED) is 0.708. The van der Waals surface area contributed by atoms with Gasteiger partial charge in [0.05, 0.1) is 24.0 Å². The van der Waals surface area contributed by atoms with E-state index in [0.717, 1.165) is 41.4 Å². The molecule has 2 aliphatic rings. The summed E-state index contributed by atoms with van der Waals surface area (Å²) in [6, 6.07) is 7.92. The lowest BCUT2D eigenvalue weighted by Crippen LogP contribution is -2.22. The number of nitrogens with one attached hydrogen (secondary N) is 1. The maximum absolute atomic E-state index is 12.7. The summed E-state index contributed by atoms with van der Waals surface area (Å²) >= 11 is 1.42. The summed E-state index contributed by atoms with van der Waals surface area (Å²) in [7, 11) is 0. The Morgan fingerprint density at radius 3 is 2.80 bits per heavy atom. The monoisotopic (exact) mass is 427 g/mol. The second-order valence-corrected chi connectivity index (χ2v) is 8.48. The van der Waals surface area contributed by atoms with Crippen LogP contribution < -0.4 is 14.8 Å². The Hall–Kier alpha value is -2.63. The average Bonchev–Trinajstić information content (AvgIpc) is 3.35. The van der Waals surface area contributed by atoms with Gasteiger partial charge in [-0.15, -0.1) is 11.8 Å². The zero-order chi connectivity index (χ0) is 21.1. The lowest BCUT2D eigenvalue weighted by Gasteiger charge is -2.19. The molecule has 0 saturated carbocycles. The highest BCUT2D eigenvalue weighted by atomic mass is 32.2. The number of nitrogens with zero attached hydrogens (tertiary/aromatic N) is 2. The Labute approximate surface area is 180 Å². The first kappa shape index (κ1) is 20.6. The van der Waals surface area contributed by atoms with Crippen molar-refractivity contribution in [3.63, 3.8) is 0 Å². The van der Waals surface area contributed by atoms with E-state index in [2.05, 4.69) is 11.4 Å². The van der Waals surface area contributed by atoms with E-state index in [0.29, 0.717) is 36.9 Å². The van der Waals surface area contributed by atoms with E-state index in [9.17, 15) is 10.1 Å². The van der Waals surface area contributed by atoms with Crippen molar-refractivity contribution in [3.8, 4) is 17.6 Å². The molecule has 1 aromatic carbocycles. The average molecular weight is 428 g/mol. The van der Waals surface area contributed by atoms with Gasteiger partial charge in [-0.2, -0.15) is 5.26 Å². The highest BCUT2D eigenvalue weighted by Crippen LogP contribution is 2.34. The first-order valence-electron chi connectivity index (χ1n) is 10.1. The van der Waals surface area contributed by atoms with E-state index >= 15 is 0 Å². The molecule has 0 aliphatic carbocycles. The van der Waals surface area contributed by atoms with Gasteiger partial charge < -0.3 is 24.1 Å². The van der Waals surface area contributed by atoms with Gasteiger partial charge >= 0.3 is 0 Å². The van der Waals surface area contributed by atoms with E-state index in [-0.39, 0.29) is 17.8 Å². The third-order valence-corrected chi connectivity index (χ3v) is 6.49. The minimum Gasteiger partial charge on any atom is -0.486 e. The summed E-state index contributed by atoms with van der Waals surface area (Å²) < 4.78 is 18.9. The van der Waals surface area contributed by atoms with Crippen molar-refractivity contribution in [1.82, 2.24) is 4.57 Å². The van der Waals surface area contributed by atoms with Crippen LogP contribution in [0.2, 0.25) is 0 Å². The number of hydrogen-bond acceptors (Lipinski definition) is 6. The van der Waals surface area contributed by atoms with Crippen molar-refractivity contribution in [2.75, 3.05) is 30.9 Å². The fourth-order valence-electron chi connectivity index (χ4n) is 3.78. The first-order chi connectivity index (χ1) is 14.6. The minimum absolute atomic E-state index is 0.116. The van der Waals surface area contributed by atoms with E-state index in [1.54, 1.807) is 0 Å². The molecule has 2 aliphatic heterocycles. The molecule has 1 saturated heterocycles. The molecular weight excluding hydrogens is 402 g/mol. The van der Waals surface area contributed by atoms with E-state index in [4.69, 9.17) is 14.2 Å². The number of thioether (sulfide) groups is 1. The van der Waals surface area contributed by atoms with Gasteiger partial charge in [0.25, 0.3) is 0 Å². The predicted molar refractivity (Wildman–Crippen MR) is 114 cm³/mol. The van der Waals surface area contributed by atoms with Crippen LogP contribution in [-0.2, 0) is 16.1 Å². The van der Waals surface area contributed by atoms with Crippen LogP contribution in [0, 0.1) is 25.2 Å². The van der Waals surface area contributed by atoms with Crippen LogP contribution in [0.25, 0.3) is 0 Å². The fraction of sp³-hybridized carbons (Fsp3) is 0.455. The standard InChI is InChI=1S/C22H25N3O4S/c1-14-15(2)25(12-16-4-3-7-27-16)22(18(14)11-23)24-21(26)13-30-17-5-6-19-20(10-17)29-9-8-28-19/h5-6,10,16H,3-4,7-9,12-13H2,1-2H3,(H,24,26)/t16-/m0/s1. The van der Waals surface area contributed by atoms with Crippen LogP contribution in [0.1, 0.15) is 29.7 Å². The van der Waals surface area contributed by atoms with E-state index in [1.165, 1.54) is 11.8 Å². The predicted octanol–water partition coefficient (Wildman–Crippen LogP) is 3.66. The van der Waals surface area contributed by atoms with Crippen molar-refractivity contribution in [2.45, 2.75) is 44.2 Å². The van der Waals surface area contributed by atoms with Crippen LogP contribution in [0.4, 0.5) is 5.82 Å². The van der Waals surface area contributed by atoms with Crippen LogP contribution in [0.5, 0.6) is 11.5 Å². The summed E-state index contributed by atoms with van der Waals surface area (Å²) in [6.45, 7) is 6.37. The van der Waals surface area contributed by atoms with E-state index < -0.39 is 0 Å². The van der Waals surface area contributed by atoms with Crippen LogP contribution in [-0.4, -0.2) is 42.2 Å². The number of ether oxygens (including phenoxy) is 3. The number of carbonyl (C=O) groups is 1. The zero-order valence-corrected chi connectivity index (χ0v) is 18.0. The summed E-state index contributed by atoms with van der Waals surface area (Å²) in [5.74, 6) is 2.07. The lowest BCUT2D eigenvalue weighted by molar-refractivity contribution is -0.113. The van der Waals surface area contributed by atoms with Gasteiger partial charge in [0, 0.05) is 17.2 Å². The smallest absolute Gasteiger partial charge is 0.235 e. The van der Waals surface area contributed by atoms with E-state index in [1.807, 2.05) is 36.6 Å². The molecule has 4 rings (SSSR count). The molecule has 0 bridgehead atoms. The fourth-order valence-corrected chi connectivity index (χ4v) is 4.51. The molecule has 1 fully saturated rings. The van der Waals surface area contributed by atoms with Gasteiger partial charge in [0.2, 0.25) is 5.91 Å². The number of rotatable bonds is 6. The van der Waals surface area contributed by atoms with Crippen LogP contribution in [0.15, 0.2) is 23.1 Å². The van der Waals surface area contributed by atoms with Crippen LogP contribution in [0.3, 0.4) is 0 Å². The summed E-state index contributed by atoms with van der Waals surface area (Å²) in [6.07, 6.45) is 2.15. The number of fused-ring (bicyclic) bond motifs is 1. The summed E-state index contributed by atoms with van der Waals surface area (Å²) in [5, 5.41) is 12.6. The maximum Gasteiger partial charge on any atom is 0.235 e.